The number of rotatable bonds is 3. The molecule has 0 saturated carbocycles. The van der Waals surface area contributed by atoms with Gasteiger partial charge in [-0.1, -0.05) is 27.5 Å². The first-order valence-corrected chi connectivity index (χ1v) is 7.58. The Morgan fingerprint density at radius 3 is 2.53 bits per heavy atom. The molecule has 1 aliphatic heterocycles. The van der Waals surface area contributed by atoms with Crippen LogP contribution in [0.15, 0.2) is 0 Å². The molecule has 17 heavy (non-hydrogen) atoms. The average Bonchev–Trinajstić information content (AvgIpc) is 2.57. The maximum Gasteiger partial charge on any atom is 0.0860 e. The minimum absolute atomic E-state index is 0.829. The summed E-state index contributed by atoms with van der Waals surface area (Å²) in [7, 11) is 1.97. The molecule has 0 N–H and O–H groups in total. The van der Waals surface area contributed by atoms with Crippen molar-refractivity contribution in [2.45, 2.75) is 26.3 Å². The Balaban J connectivity index is 1.98. The maximum atomic E-state index is 6.27. The van der Waals surface area contributed by atoms with Crippen LogP contribution in [0.3, 0.4) is 0 Å². The number of aromatic nitrogens is 2. The predicted molar refractivity (Wildman–Crippen MR) is 74.8 cm³/mol. The van der Waals surface area contributed by atoms with E-state index in [0.29, 0.717) is 0 Å². The van der Waals surface area contributed by atoms with E-state index in [2.05, 4.69) is 25.9 Å². The van der Waals surface area contributed by atoms with E-state index in [9.17, 15) is 0 Å². The first-order valence-electron chi connectivity index (χ1n) is 6.08. The lowest BCUT2D eigenvalue weighted by atomic mass is 9.99. The van der Waals surface area contributed by atoms with Gasteiger partial charge in [-0.3, -0.25) is 9.58 Å². The largest absolute Gasteiger partial charge is 0.297 e. The fourth-order valence-corrected chi connectivity index (χ4v) is 3.23. The summed E-state index contributed by atoms with van der Waals surface area (Å²) in [6.45, 7) is 5.21. The highest BCUT2D eigenvalue weighted by Gasteiger charge is 2.20. The zero-order valence-electron chi connectivity index (χ0n) is 10.4. The second kappa shape index (κ2) is 5.72. The lowest BCUT2D eigenvalue weighted by Crippen LogP contribution is -2.34. The molecular weight excluding hydrogens is 302 g/mol. The molecule has 96 valence electrons. The molecule has 0 unspecified atom stereocenters. The van der Waals surface area contributed by atoms with Crippen molar-refractivity contribution in [3.63, 3.8) is 0 Å². The molecule has 1 fully saturated rings. The summed E-state index contributed by atoms with van der Waals surface area (Å²) in [6.07, 6.45) is 2.55. The number of nitrogens with zero attached hydrogens (tertiary/aromatic N) is 3. The highest BCUT2D eigenvalue weighted by atomic mass is 79.9. The Morgan fingerprint density at radius 2 is 2.06 bits per heavy atom. The predicted octanol–water partition coefficient (Wildman–Crippen LogP) is 2.99. The van der Waals surface area contributed by atoms with Crippen LogP contribution in [0.4, 0.5) is 0 Å². The van der Waals surface area contributed by atoms with E-state index in [1.54, 1.807) is 0 Å². The lowest BCUT2D eigenvalue weighted by molar-refractivity contribution is 0.183. The van der Waals surface area contributed by atoms with Crippen LogP contribution in [0.2, 0.25) is 5.02 Å². The third-order valence-corrected chi connectivity index (χ3v) is 4.97. The van der Waals surface area contributed by atoms with Crippen molar-refractivity contribution in [3.05, 3.63) is 16.4 Å². The fourth-order valence-electron chi connectivity index (χ4n) is 2.36. The highest BCUT2D eigenvalue weighted by Crippen LogP contribution is 2.24. The van der Waals surface area contributed by atoms with E-state index >= 15 is 0 Å². The molecule has 0 aliphatic carbocycles. The summed E-state index contributed by atoms with van der Waals surface area (Å²) in [4.78, 5) is 2.47. The third kappa shape index (κ3) is 3.04. The summed E-state index contributed by atoms with van der Waals surface area (Å²) >= 11 is 9.84. The van der Waals surface area contributed by atoms with Crippen molar-refractivity contribution >= 4 is 27.5 Å². The van der Waals surface area contributed by atoms with Gasteiger partial charge in [-0.2, -0.15) is 5.10 Å². The van der Waals surface area contributed by atoms with Crippen molar-refractivity contribution in [2.24, 2.45) is 13.0 Å². The summed E-state index contributed by atoms with van der Waals surface area (Å²) in [5.41, 5.74) is 2.07. The third-order valence-electron chi connectivity index (χ3n) is 3.56. The minimum atomic E-state index is 0.829. The zero-order chi connectivity index (χ0) is 12.4. The molecule has 1 aromatic heterocycles. The molecule has 5 heteroatoms. The molecular formula is C12H19BrClN3. The number of hydrogen-bond acceptors (Lipinski definition) is 2. The Hall–Kier alpha value is -0.0600. The van der Waals surface area contributed by atoms with Gasteiger partial charge in [-0.15, -0.1) is 0 Å². The van der Waals surface area contributed by atoms with Crippen LogP contribution in [-0.4, -0.2) is 33.1 Å². The van der Waals surface area contributed by atoms with E-state index in [0.717, 1.165) is 47.3 Å². The molecule has 1 aliphatic rings. The van der Waals surface area contributed by atoms with Crippen LogP contribution in [0.5, 0.6) is 0 Å². The topological polar surface area (TPSA) is 21.1 Å². The molecule has 0 atom stereocenters. The van der Waals surface area contributed by atoms with Gasteiger partial charge >= 0.3 is 0 Å². The van der Waals surface area contributed by atoms with Crippen LogP contribution in [0, 0.1) is 12.8 Å². The van der Waals surface area contributed by atoms with Gasteiger partial charge in [0.2, 0.25) is 0 Å². The molecule has 0 amide bonds. The van der Waals surface area contributed by atoms with E-state index in [4.69, 9.17) is 11.6 Å². The molecule has 2 rings (SSSR count). The minimum Gasteiger partial charge on any atom is -0.297 e. The Bertz CT molecular complexity index is 383. The first-order chi connectivity index (χ1) is 8.11. The smallest absolute Gasteiger partial charge is 0.0860 e. The number of piperidine rings is 1. The normalized spacial score (nSPS) is 18.8. The number of halogens is 2. The molecule has 1 saturated heterocycles. The highest BCUT2D eigenvalue weighted by molar-refractivity contribution is 9.09. The van der Waals surface area contributed by atoms with Crippen LogP contribution < -0.4 is 0 Å². The van der Waals surface area contributed by atoms with Gasteiger partial charge in [-0.25, -0.2) is 0 Å². The number of aryl methyl sites for hydroxylation is 2. The van der Waals surface area contributed by atoms with Crippen LogP contribution >= 0.6 is 27.5 Å². The van der Waals surface area contributed by atoms with Gasteiger partial charge in [0.1, 0.15) is 0 Å². The average molecular weight is 321 g/mol. The Morgan fingerprint density at radius 1 is 1.41 bits per heavy atom. The standard InChI is InChI=1S/C12H19BrClN3/c1-9-12(14)11(16(2)15-9)8-17-5-3-10(7-13)4-6-17/h10H,3-8H2,1-2H3. The Kier molecular flexibility index (Phi) is 4.50. The molecule has 0 spiro atoms. The summed E-state index contributed by atoms with van der Waals surface area (Å²) in [5.74, 6) is 0.843. The molecule has 2 heterocycles. The first kappa shape index (κ1) is 13.4. The molecule has 0 bridgehead atoms. The molecule has 3 nitrogen and oxygen atoms in total. The quantitative estimate of drug-likeness (QED) is 0.798. The Labute approximate surface area is 116 Å². The number of hydrogen-bond donors (Lipinski definition) is 0. The number of likely N-dealkylation sites (tertiary alicyclic amines) is 1. The van der Waals surface area contributed by atoms with Crippen molar-refractivity contribution in [1.29, 1.82) is 0 Å². The van der Waals surface area contributed by atoms with Crippen LogP contribution in [0.1, 0.15) is 24.2 Å². The summed E-state index contributed by atoms with van der Waals surface area (Å²) in [5, 5.41) is 6.32. The van der Waals surface area contributed by atoms with E-state index in [-0.39, 0.29) is 0 Å². The fraction of sp³-hybridized carbons (Fsp3) is 0.750. The van der Waals surface area contributed by atoms with Crippen LogP contribution in [0.25, 0.3) is 0 Å². The van der Waals surface area contributed by atoms with Gasteiger partial charge in [0.15, 0.2) is 0 Å². The van der Waals surface area contributed by atoms with Crippen molar-refractivity contribution < 1.29 is 0 Å². The van der Waals surface area contributed by atoms with E-state index in [1.165, 1.54) is 12.8 Å². The monoisotopic (exact) mass is 319 g/mol. The molecule has 1 aromatic rings. The zero-order valence-corrected chi connectivity index (χ0v) is 12.8. The summed E-state index contributed by atoms with van der Waals surface area (Å²) in [6, 6.07) is 0. The van der Waals surface area contributed by atoms with Gasteiger partial charge in [0.25, 0.3) is 0 Å². The van der Waals surface area contributed by atoms with E-state index in [1.807, 2.05) is 18.7 Å². The SMILES string of the molecule is Cc1nn(C)c(CN2CCC(CBr)CC2)c1Cl. The van der Waals surface area contributed by atoms with Gasteiger partial charge in [0.05, 0.1) is 16.4 Å². The van der Waals surface area contributed by atoms with Crippen molar-refractivity contribution in [3.8, 4) is 0 Å². The van der Waals surface area contributed by atoms with E-state index < -0.39 is 0 Å². The van der Waals surface area contributed by atoms with Gasteiger partial charge in [-0.05, 0) is 38.8 Å². The van der Waals surface area contributed by atoms with Crippen LogP contribution in [-0.2, 0) is 13.6 Å². The molecule has 0 radical (unpaired) electrons. The maximum absolute atomic E-state index is 6.27. The second-order valence-corrected chi connectivity index (χ2v) is 5.87. The lowest BCUT2D eigenvalue weighted by Gasteiger charge is -2.31. The van der Waals surface area contributed by atoms with Gasteiger partial charge < -0.3 is 0 Å². The molecule has 0 aromatic carbocycles. The number of alkyl halides is 1. The van der Waals surface area contributed by atoms with Crippen molar-refractivity contribution in [2.75, 3.05) is 18.4 Å². The second-order valence-electron chi connectivity index (χ2n) is 4.84. The van der Waals surface area contributed by atoms with Gasteiger partial charge in [0, 0.05) is 18.9 Å². The van der Waals surface area contributed by atoms with Crippen molar-refractivity contribution in [1.82, 2.24) is 14.7 Å². The summed E-state index contributed by atoms with van der Waals surface area (Å²) < 4.78 is 1.91.